The van der Waals surface area contributed by atoms with Crippen LogP contribution in [0.2, 0.25) is 0 Å². The molecular weight excluding hydrogens is 488 g/mol. The highest BCUT2D eigenvalue weighted by molar-refractivity contribution is 5.94. The molecule has 11 heteroatoms. The summed E-state index contributed by atoms with van der Waals surface area (Å²) in [5.41, 5.74) is 3.64. The first-order valence-electron chi connectivity index (χ1n) is 13.0. The quantitative estimate of drug-likeness (QED) is 0.470. The summed E-state index contributed by atoms with van der Waals surface area (Å²) in [4.78, 5) is 29.2. The zero-order chi connectivity index (χ0) is 26.2. The minimum Gasteiger partial charge on any atom is -0.466 e. The molecule has 0 N–H and O–H groups in total. The first-order chi connectivity index (χ1) is 18.5. The van der Waals surface area contributed by atoms with E-state index in [0.29, 0.717) is 43.9 Å². The zero-order valence-corrected chi connectivity index (χ0v) is 21.5. The molecule has 0 aliphatic carbocycles. The third-order valence-electron chi connectivity index (χ3n) is 7.60. The lowest BCUT2D eigenvalue weighted by atomic mass is 9.91. The number of piperidine rings is 1. The van der Waals surface area contributed by atoms with Gasteiger partial charge in [0, 0.05) is 25.2 Å². The van der Waals surface area contributed by atoms with Gasteiger partial charge < -0.3 is 19.1 Å². The van der Waals surface area contributed by atoms with Crippen molar-refractivity contribution in [1.29, 1.82) is 0 Å². The van der Waals surface area contributed by atoms with Gasteiger partial charge in [0.25, 0.3) is 5.91 Å². The summed E-state index contributed by atoms with van der Waals surface area (Å²) in [7, 11) is 2.06. The predicted molar refractivity (Wildman–Crippen MR) is 135 cm³/mol. The number of likely N-dealkylation sites (N-methyl/N-ethyl adjacent to an activating group) is 1. The number of carbonyl (C=O) groups excluding carboxylic acids is 2. The predicted octanol–water partition coefficient (Wildman–Crippen LogP) is 2.38. The van der Waals surface area contributed by atoms with Gasteiger partial charge in [-0.2, -0.15) is 4.68 Å². The number of fused-ring (bicyclic) bond motifs is 2. The van der Waals surface area contributed by atoms with Crippen LogP contribution in [0.25, 0.3) is 5.69 Å². The average Bonchev–Trinajstić information content (AvgIpc) is 3.61. The van der Waals surface area contributed by atoms with Crippen molar-refractivity contribution < 1.29 is 23.8 Å². The van der Waals surface area contributed by atoms with E-state index in [0.717, 1.165) is 35.7 Å². The van der Waals surface area contributed by atoms with Crippen molar-refractivity contribution in [2.45, 2.75) is 32.2 Å². The molecule has 6 rings (SSSR count). The maximum atomic E-state index is 13.1. The SMILES string of the molecule is CCOC(=O)C1CCN(C(=O)c2ccc(-n3nnnc3[C@H]3c4cc5c(cc4CCN3C)OCO5)cc2)CC1. The van der Waals surface area contributed by atoms with E-state index in [2.05, 4.69) is 33.5 Å². The summed E-state index contributed by atoms with van der Waals surface area (Å²) < 4.78 is 18.1. The molecular formula is C27H30N6O5. The summed E-state index contributed by atoms with van der Waals surface area (Å²) in [6, 6.07) is 11.3. The Balaban J connectivity index is 1.21. The van der Waals surface area contributed by atoms with Crippen molar-refractivity contribution >= 4 is 11.9 Å². The van der Waals surface area contributed by atoms with Crippen molar-refractivity contribution in [3.8, 4) is 17.2 Å². The lowest BCUT2D eigenvalue weighted by Gasteiger charge is -2.33. The Labute approximate surface area is 220 Å². The second kappa shape index (κ2) is 10.1. The largest absolute Gasteiger partial charge is 0.466 e. The van der Waals surface area contributed by atoms with Gasteiger partial charge >= 0.3 is 5.97 Å². The van der Waals surface area contributed by atoms with Gasteiger partial charge in [-0.15, -0.1) is 5.10 Å². The molecule has 4 heterocycles. The van der Waals surface area contributed by atoms with E-state index in [4.69, 9.17) is 14.2 Å². The molecule has 0 bridgehead atoms. The van der Waals surface area contributed by atoms with E-state index in [-0.39, 0.29) is 30.6 Å². The van der Waals surface area contributed by atoms with E-state index in [1.807, 2.05) is 18.2 Å². The van der Waals surface area contributed by atoms with Crippen LogP contribution < -0.4 is 9.47 Å². The molecule has 198 valence electrons. The number of ether oxygens (including phenoxy) is 3. The highest BCUT2D eigenvalue weighted by Gasteiger charge is 2.34. The van der Waals surface area contributed by atoms with E-state index >= 15 is 0 Å². The number of rotatable bonds is 5. The molecule has 3 aliphatic rings. The van der Waals surface area contributed by atoms with Crippen LogP contribution in [0.4, 0.5) is 0 Å². The van der Waals surface area contributed by atoms with Gasteiger partial charge in [0.1, 0.15) is 0 Å². The fraction of sp³-hybridized carbons (Fsp3) is 0.444. The molecule has 2 aromatic carbocycles. The second-order valence-electron chi connectivity index (χ2n) is 9.85. The van der Waals surface area contributed by atoms with Gasteiger partial charge in [-0.25, -0.2) is 0 Å². The summed E-state index contributed by atoms with van der Waals surface area (Å²) in [6.45, 7) is 4.33. The number of hydrogen-bond acceptors (Lipinski definition) is 9. The van der Waals surface area contributed by atoms with E-state index in [9.17, 15) is 9.59 Å². The lowest BCUT2D eigenvalue weighted by Crippen LogP contribution is -2.40. The van der Waals surface area contributed by atoms with Crippen LogP contribution in [0.5, 0.6) is 11.5 Å². The number of amides is 1. The minimum absolute atomic E-state index is 0.0483. The van der Waals surface area contributed by atoms with E-state index < -0.39 is 0 Å². The standard InChI is InChI=1S/C27H30N6O5/c1-3-36-27(35)18-9-12-32(13-10-18)26(34)17-4-6-20(7-5-17)33-25(28-29-30-33)24-21-15-23-22(37-16-38-23)14-19(21)8-11-31(24)2/h4-7,14-15,18,24H,3,8-13,16H2,1-2H3/t24-/m1/s1. The molecule has 1 atom stereocenters. The Kier molecular flexibility index (Phi) is 6.44. The summed E-state index contributed by atoms with van der Waals surface area (Å²) in [5, 5.41) is 12.7. The van der Waals surface area contributed by atoms with Crippen LogP contribution in [-0.4, -0.2) is 82.0 Å². The topological polar surface area (TPSA) is 112 Å². The smallest absolute Gasteiger partial charge is 0.309 e. The molecule has 0 radical (unpaired) electrons. The van der Waals surface area contributed by atoms with Crippen LogP contribution in [0.15, 0.2) is 36.4 Å². The van der Waals surface area contributed by atoms with Gasteiger partial charge in [0.15, 0.2) is 17.3 Å². The summed E-state index contributed by atoms with van der Waals surface area (Å²) in [5.74, 6) is 1.84. The number of tetrazole rings is 1. The molecule has 3 aliphatic heterocycles. The Morgan fingerprint density at radius 2 is 1.79 bits per heavy atom. The number of benzene rings is 2. The highest BCUT2D eigenvalue weighted by atomic mass is 16.7. The molecule has 0 saturated carbocycles. The van der Waals surface area contributed by atoms with Crippen molar-refractivity contribution in [3.05, 3.63) is 58.9 Å². The monoisotopic (exact) mass is 518 g/mol. The van der Waals surface area contributed by atoms with Gasteiger partial charge in [0.2, 0.25) is 6.79 Å². The second-order valence-corrected chi connectivity index (χ2v) is 9.85. The highest BCUT2D eigenvalue weighted by Crippen LogP contribution is 2.42. The van der Waals surface area contributed by atoms with Crippen LogP contribution >= 0.6 is 0 Å². The number of nitrogens with zero attached hydrogens (tertiary/aromatic N) is 6. The van der Waals surface area contributed by atoms with Crippen molar-refractivity contribution in [2.24, 2.45) is 5.92 Å². The molecule has 1 fully saturated rings. The molecule has 1 aromatic heterocycles. The van der Waals surface area contributed by atoms with Crippen LogP contribution in [0.3, 0.4) is 0 Å². The van der Waals surface area contributed by atoms with Crippen LogP contribution in [0, 0.1) is 5.92 Å². The number of carbonyl (C=O) groups is 2. The molecule has 3 aromatic rings. The number of aromatic nitrogens is 4. The minimum atomic E-state index is -0.169. The van der Waals surface area contributed by atoms with Gasteiger partial charge in [-0.05, 0) is 91.2 Å². The first-order valence-corrected chi connectivity index (χ1v) is 13.0. The number of likely N-dealkylation sites (tertiary alicyclic amines) is 1. The Morgan fingerprint density at radius 3 is 2.53 bits per heavy atom. The van der Waals surface area contributed by atoms with E-state index in [1.165, 1.54) is 5.56 Å². The number of esters is 1. The molecule has 0 spiro atoms. The Hall–Kier alpha value is -3.99. The Bertz CT molecular complexity index is 1350. The average molecular weight is 519 g/mol. The molecule has 38 heavy (non-hydrogen) atoms. The zero-order valence-electron chi connectivity index (χ0n) is 21.5. The van der Waals surface area contributed by atoms with Crippen LogP contribution in [-0.2, 0) is 16.0 Å². The van der Waals surface area contributed by atoms with Crippen molar-refractivity contribution in [3.63, 3.8) is 0 Å². The third kappa shape index (κ3) is 4.36. The lowest BCUT2D eigenvalue weighted by molar-refractivity contribution is -0.149. The fourth-order valence-corrected chi connectivity index (χ4v) is 5.52. The molecule has 1 amide bonds. The van der Waals surface area contributed by atoms with Crippen LogP contribution in [0.1, 0.15) is 53.1 Å². The Morgan fingerprint density at radius 1 is 1.05 bits per heavy atom. The van der Waals surface area contributed by atoms with Gasteiger partial charge in [-0.1, -0.05) is 0 Å². The third-order valence-corrected chi connectivity index (χ3v) is 7.60. The number of hydrogen-bond donors (Lipinski definition) is 0. The molecule has 0 unspecified atom stereocenters. The summed E-state index contributed by atoms with van der Waals surface area (Å²) >= 11 is 0. The first kappa shape index (κ1) is 24.4. The molecule has 11 nitrogen and oxygen atoms in total. The van der Waals surface area contributed by atoms with Gasteiger partial charge in [-0.3, -0.25) is 14.5 Å². The maximum absolute atomic E-state index is 13.1. The van der Waals surface area contributed by atoms with E-state index in [1.54, 1.807) is 28.6 Å². The maximum Gasteiger partial charge on any atom is 0.309 e. The van der Waals surface area contributed by atoms with Crippen molar-refractivity contribution in [2.75, 3.05) is 40.1 Å². The summed E-state index contributed by atoms with van der Waals surface area (Å²) in [6.07, 6.45) is 2.13. The normalized spacial score (nSPS) is 19.3. The fourth-order valence-electron chi connectivity index (χ4n) is 5.52. The van der Waals surface area contributed by atoms with Gasteiger partial charge in [0.05, 0.1) is 24.3 Å². The van der Waals surface area contributed by atoms with Crippen molar-refractivity contribution in [1.82, 2.24) is 30.0 Å². The molecule has 1 saturated heterocycles.